The minimum absolute atomic E-state index is 0.0617. The molecule has 2 N–H and O–H groups in total. The zero-order chi connectivity index (χ0) is 21.6. The molecule has 158 valence electrons. The number of methoxy groups -OCH3 is 1. The molecular weight excluding hydrogens is 388 g/mol. The highest BCUT2D eigenvalue weighted by molar-refractivity contribution is 5.94. The second kappa shape index (κ2) is 9.39. The lowest BCUT2D eigenvalue weighted by molar-refractivity contribution is 0.0952. The Balaban J connectivity index is 1.70. The van der Waals surface area contributed by atoms with Crippen LogP contribution in [0.2, 0.25) is 0 Å². The average molecular weight is 415 g/mol. The van der Waals surface area contributed by atoms with E-state index in [1.807, 2.05) is 73.8 Å². The minimum atomic E-state index is -0.0941. The van der Waals surface area contributed by atoms with Crippen LogP contribution >= 0.6 is 0 Å². The van der Waals surface area contributed by atoms with Crippen LogP contribution in [-0.4, -0.2) is 31.2 Å². The molecule has 1 amide bonds. The Hall–Kier alpha value is -3.73. The van der Waals surface area contributed by atoms with E-state index in [0.29, 0.717) is 30.2 Å². The van der Waals surface area contributed by atoms with Crippen molar-refractivity contribution < 1.29 is 14.3 Å². The highest BCUT2D eigenvalue weighted by Gasteiger charge is 2.21. The van der Waals surface area contributed by atoms with Crippen molar-refractivity contribution in [3.05, 3.63) is 95.7 Å². The molecule has 1 heterocycles. The van der Waals surface area contributed by atoms with Crippen molar-refractivity contribution in [2.45, 2.75) is 12.8 Å². The number of fused-ring (bicyclic) bond motifs is 1. The van der Waals surface area contributed by atoms with Gasteiger partial charge < -0.3 is 19.8 Å². The van der Waals surface area contributed by atoms with Crippen LogP contribution in [0.1, 0.15) is 34.3 Å². The van der Waals surface area contributed by atoms with Crippen LogP contribution in [0, 0.1) is 0 Å². The Bertz CT molecular complexity index is 1170. The first-order valence-corrected chi connectivity index (χ1v) is 10.4. The maximum atomic E-state index is 12.7. The molecule has 0 saturated heterocycles. The SMILES string of the molecule is CCOc1ccc([C@H](CNC(=O)c2ccccc2)c2c[nH]c3ccccc23)cc1OC. The molecule has 4 aromatic rings. The first-order chi connectivity index (χ1) is 15.2. The van der Waals surface area contributed by atoms with Gasteiger partial charge in [0.1, 0.15) is 0 Å². The van der Waals surface area contributed by atoms with Crippen LogP contribution in [-0.2, 0) is 0 Å². The predicted molar refractivity (Wildman–Crippen MR) is 123 cm³/mol. The number of benzene rings is 3. The van der Waals surface area contributed by atoms with Gasteiger partial charge in [0.25, 0.3) is 5.91 Å². The summed E-state index contributed by atoms with van der Waals surface area (Å²) in [4.78, 5) is 16.1. The summed E-state index contributed by atoms with van der Waals surface area (Å²) in [7, 11) is 1.64. The monoisotopic (exact) mass is 414 g/mol. The van der Waals surface area contributed by atoms with Gasteiger partial charge in [0.2, 0.25) is 0 Å². The van der Waals surface area contributed by atoms with E-state index in [2.05, 4.69) is 22.4 Å². The number of rotatable bonds is 8. The maximum absolute atomic E-state index is 12.7. The molecule has 5 nitrogen and oxygen atoms in total. The Morgan fingerprint density at radius 2 is 1.77 bits per heavy atom. The minimum Gasteiger partial charge on any atom is -0.493 e. The molecule has 31 heavy (non-hydrogen) atoms. The van der Waals surface area contributed by atoms with E-state index in [1.165, 1.54) is 0 Å². The van der Waals surface area contributed by atoms with Crippen LogP contribution < -0.4 is 14.8 Å². The molecule has 1 atom stereocenters. The predicted octanol–water partition coefficient (Wildman–Crippen LogP) is 5.14. The van der Waals surface area contributed by atoms with Crippen molar-refractivity contribution in [3.63, 3.8) is 0 Å². The summed E-state index contributed by atoms with van der Waals surface area (Å²) in [5, 5.41) is 4.24. The van der Waals surface area contributed by atoms with Crippen LogP contribution in [0.4, 0.5) is 0 Å². The van der Waals surface area contributed by atoms with Gasteiger partial charge in [-0.1, -0.05) is 42.5 Å². The van der Waals surface area contributed by atoms with Gasteiger partial charge >= 0.3 is 0 Å². The number of carbonyl (C=O) groups is 1. The van der Waals surface area contributed by atoms with Gasteiger partial charge in [-0.3, -0.25) is 4.79 Å². The van der Waals surface area contributed by atoms with Crippen LogP contribution in [0.5, 0.6) is 11.5 Å². The fraction of sp³-hybridized carbons (Fsp3) is 0.192. The van der Waals surface area contributed by atoms with E-state index in [9.17, 15) is 4.79 Å². The lowest BCUT2D eigenvalue weighted by atomic mass is 9.90. The van der Waals surface area contributed by atoms with E-state index < -0.39 is 0 Å². The molecule has 3 aromatic carbocycles. The molecule has 4 rings (SSSR count). The molecule has 0 aliphatic rings. The zero-order valence-electron chi connectivity index (χ0n) is 17.7. The van der Waals surface area contributed by atoms with Gasteiger partial charge in [-0.25, -0.2) is 0 Å². The Labute approximate surface area is 182 Å². The number of amides is 1. The Kier molecular flexibility index (Phi) is 6.22. The quantitative estimate of drug-likeness (QED) is 0.420. The fourth-order valence-corrected chi connectivity index (χ4v) is 3.85. The second-order valence-corrected chi connectivity index (χ2v) is 7.26. The Morgan fingerprint density at radius 3 is 2.55 bits per heavy atom. The molecule has 0 fully saturated rings. The summed E-state index contributed by atoms with van der Waals surface area (Å²) >= 11 is 0. The van der Waals surface area contributed by atoms with Gasteiger partial charge in [0, 0.05) is 35.1 Å². The van der Waals surface area contributed by atoms with Crippen molar-refractivity contribution in [1.29, 1.82) is 0 Å². The molecule has 0 unspecified atom stereocenters. The average Bonchev–Trinajstić information content (AvgIpc) is 3.24. The van der Waals surface area contributed by atoms with Crippen LogP contribution in [0.25, 0.3) is 10.9 Å². The molecule has 0 aliphatic heterocycles. The standard InChI is InChI=1S/C26H26N2O3/c1-3-31-24-14-13-19(15-25(24)30-2)21(16-28-26(29)18-9-5-4-6-10-18)22-17-27-23-12-8-7-11-20(22)23/h4-15,17,21,27H,3,16H2,1-2H3,(H,28,29)/t21-/m0/s1. The molecule has 5 heteroatoms. The molecule has 0 radical (unpaired) electrons. The van der Waals surface area contributed by atoms with E-state index in [4.69, 9.17) is 9.47 Å². The summed E-state index contributed by atoms with van der Waals surface area (Å²) < 4.78 is 11.2. The number of para-hydroxylation sites is 1. The largest absolute Gasteiger partial charge is 0.493 e. The third kappa shape index (κ3) is 4.40. The summed E-state index contributed by atoms with van der Waals surface area (Å²) in [6, 6.07) is 23.4. The number of aromatic nitrogens is 1. The van der Waals surface area contributed by atoms with Gasteiger partial charge in [0.15, 0.2) is 11.5 Å². The zero-order valence-corrected chi connectivity index (χ0v) is 17.7. The lowest BCUT2D eigenvalue weighted by Crippen LogP contribution is -2.28. The highest BCUT2D eigenvalue weighted by atomic mass is 16.5. The number of carbonyl (C=O) groups excluding carboxylic acids is 1. The number of hydrogen-bond donors (Lipinski definition) is 2. The van der Waals surface area contributed by atoms with Crippen molar-refractivity contribution in [3.8, 4) is 11.5 Å². The second-order valence-electron chi connectivity index (χ2n) is 7.26. The molecule has 0 bridgehead atoms. The van der Waals surface area contributed by atoms with E-state index in [-0.39, 0.29) is 11.8 Å². The summed E-state index contributed by atoms with van der Waals surface area (Å²) in [5.74, 6) is 1.23. The van der Waals surface area contributed by atoms with E-state index >= 15 is 0 Å². The van der Waals surface area contributed by atoms with Gasteiger partial charge in [-0.15, -0.1) is 0 Å². The van der Waals surface area contributed by atoms with Crippen LogP contribution in [0.3, 0.4) is 0 Å². The topological polar surface area (TPSA) is 63.3 Å². The van der Waals surface area contributed by atoms with E-state index in [1.54, 1.807) is 7.11 Å². The molecule has 0 aliphatic carbocycles. The summed E-state index contributed by atoms with van der Waals surface area (Å²) in [6.07, 6.45) is 2.02. The third-order valence-electron chi connectivity index (χ3n) is 5.39. The number of ether oxygens (including phenoxy) is 2. The van der Waals surface area contributed by atoms with E-state index in [0.717, 1.165) is 22.0 Å². The number of nitrogens with one attached hydrogen (secondary N) is 2. The van der Waals surface area contributed by atoms with Crippen molar-refractivity contribution in [1.82, 2.24) is 10.3 Å². The molecular formula is C26H26N2O3. The molecule has 0 saturated carbocycles. The normalized spacial score (nSPS) is 11.8. The first kappa shape index (κ1) is 20.5. The summed E-state index contributed by atoms with van der Waals surface area (Å²) in [5.41, 5.74) is 3.87. The first-order valence-electron chi connectivity index (χ1n) is 10.4. The fourth-order valence-electron chi connectivity index (χ4n) is 3.85. The number of hydrogen-bond acceptors (Lipinski definition) is 3. The van der Waals surface area contributed by atoms with Gasteiger partial charge in [0.05, 0.1) is 13.7 Å². The summed E-state index contributed by atoms with van der Waals surface area (Å²) in [6.45, 7) is 2.96. The van der Waals surface area contributed by atoms with Crippen LogP contribution in [0.15, 0.2) is 79.0 Å². The Morgan fingerprint density at radius 1 is 1.00 bits per heavy atom. The van der Waals surface area contributed by atoms with Gasteiger partial charge in [-0.05, 0) is 48.4 Å². The third-order valence-corrected chi connectivity index (χ3v) is 5.39. The van der Waals surface area contributed by atoms with Crippen molar-refractivity contribution >= 4 is 16.8 Å². The number of aromatic amines is 1. The molecule has 0 spiro atoms. The van der Waals surface area contributed by atoms with Crippen molar-refractivity contribution in [2.75, 3.05) is 20.3 Å². The van der Waals surface area contributed by atoms with Crippen molar-refractivity contribution in [2.24, 2.45) is 0 Å². The lowest BCUT2D eigenvalue weighted by Gasteiger charge is -2.20. The maximum Gasteiger partial charge on any atom is 0.251 e. The van der Waals surface area contributed by atoms with Gasteiger partial charge in [-0.2, -0.15) is 0 Å². The molecule has 1 aromatic heterocycles. The number of H-pyrrole nitrogens is 1. The smallest absolute Gasteiger partial charge is 0.251 e. The highest BCUT2D eigenvalue weighted by Crippen LogP contribution is 2.35.